The van der Waals surface area contributed by atoms with Crippen molar-refractivity contribution in [1.82, 2.24) is 4.90 Å². The quantitative estimate of drug-likeness (QED) is 0.838. The van der Waals surface area contributed by atoms with E-state index in [1.807, 2.05) is 26.0 Å². The molecule has 1 amide bonds. The molecule has 5 heteroatoms. The maximum Gasteiger partial charge on any atom is 0.259 e. The third-order valence-corrected chi connectivity index (χ3v) is 4.88. The number of aliphatic imine (C=N–C) groups is 1. The molecule has 0 atom stereocenters. The monoisotopic (exact) mass is 342 g/mol. The largest absolute Gasteiger partial charge is 0.286 e. The van der Waals surface area contributed by atoms with Crippen molar-refractivity contribution in [2.24, 2.45) is 4.99 Å². The maximum absolute atomic E-state index is 13.0. The number of amides is 1. The van der Waals surface area contributed by atoms with E-state index in [-0.39, 0.29) is 11.7 Å². The summed E-state index contributed by atoms with van der Waals surface area (Å²) >= 11 is 1.52. The van der Waals surface area contributed by atoms with Crippen molar-refractivity contribution in [2.45, 2.75) is 19.6 Å². The molecule has 0 aromatic heterocycles. The first-order valence-electron chi connectivity index (χ1n) is 7.85. The summed E-state index contributed by atoms with van der Waals surface area (Å²) < 4.78 is 13.0. The number of hydrogen-bond acceptors (Lipinski definition) is 3. The molecule has 0 saturated carbocycles. The SMILES string of the molecule is Cc1cc(C)cc(C(=O)N2CCN=C2SCc2ccc(F)cc2)c1. The number of rotatable bonds is 3. The fraction of sp³-hybridized carbons (Fsp3) is 0.263. The Kier molecular flexibility index (Phi) is 5.00. The second-order valence-electron chi connectivity index (χ2n) is 5.91. The number of nitrogens with zero attached hydrogens (tertiary/aromatic N) is 2. The van der Waals surface area contributed by atoms with Crippen LogP contribution in [-0.2, 0) is 5.75 Å². The van der Waals surface area contributed by atoms with Gasteiger partial charge in [-0.15, -0.1) is 0 Å². The Morgan fingerprint density at radius 1 is 1.17 bits per heavy atom. The minimum Gasteiger partial charge on any atom is -0.286 e. The smallest absolute Gasteiger partial charge is 0.259 e. The van der Waals surface area contributed by atoms with Crippen molar-refractivity contribution in [1.29, 1.82) is 0 Å². The second-order valence-corrected chi connectivity index (χ2v) is 6.86. The first-order valence-corrected chi connectivity index (χ1v) is 8.83. The highest BCUT2D eigenvalue weighted by molar-refractivity contribution is 8.13. The summed E-state index contributed by atoms with van der Waals surface area (Å²) in [4.78, 5) is 19.0. The van der Waals surface area contributed by atoms with Gasteiger partial charge in [-0.05, 0) is 43.7 Å². The van der Waals surface area contributed by atoms with Crippen LogP contribution in [0.4, 0.5) is 4.39 Å². The molecule has 0 aliphatic carbocycles. The highest BCUT2D eigenvalue weighted by Crippen LogP contribution is 2.22. The van der Waals surface area contributed by atoms with Crippen LogP contribution in [0.2, 0.25) is 0 Å². The molecular weight excluding hydrogens is 323 g/mol. The van der Waals surface area contributed by atoms with Gasteiger partial charge in [0, 0.05) is 17.9 Å². The second kappa shape index (κ2) is 7.18. The Hall–Kier alpha value is -2.14. The Morgan fingerprint density at radius 3 is 2.50 bits per heavy atom. The van der Waals surface area contributed by atoms with E-state index in [4.69, 9.17) is 0 Å². The Balaban J connectivity index is 1.70. The zero-order valence-electron chi connectivity index (χ0n) is 13.8. The molecule has 1 aliphatic heterocycles. The van der Waals surface area contributed by atoms with Crippen molar-refractivity contribution in [3.63, 3.8) is 0 Å². The number of carbonyl (C=O) groups excluding carboxylic acids is 1. The maximum atomic E-state index is 13.0. The van der Waals surface area contributed by atoms with E-state index >= 15 is 0 Å². The summed E-state index contributed by atoms with van der Waals surface area (Å²) in [6.07, 6.45) is 0. The number of amidine groups is 1. The molecule has 0 bridgehead atoms. The lowest BCUT2D eigenvalue weighted by atomic mass is 10.1. The third kappa shape index (κ3) is 3.85. The summed E-state index contributed by atoms with van der Waals surface area (Å²) in [5.74, 6) is 0.411. The van der Waals surface area contributed by atoms with Gasteiger partial charge in [-0.1, -0.05) is 41.1 Å². The molecule has 1 heterocycles. The van der Waals surface area contributed by atoms with Crippen LogP contribution in [-0.4, -0.2) is 29.1 Å². The fourth-order valence-electron chi connectivity index (χ4n) is 2.72. The molecule has 2 aromatic carbocycles. The van der Waals surface area contributed by atoms with Crippen LogP contribution in [0.15, 0.2) is 47.5 Å². The standard InChI is InChI=1S/C19H19FN2OS/c1-13-9-14(2)11-16(10-13)18(23)22-8-7-21-19(22)24-12-15-3-5-17(20)6-4-15/h3-6,9-11H,7-8,12H2,1-2H3. The van der Waals surface area contributed by atoms with E-state index in [1.54, 1.807) is 17.0 Å². The van der Waals surface area contributed by atoms with Crippen LogP contribution in [0.1, 0.15) is 27.0 Å². The number of thioether (sulfide) groups is 1. The van der Waals surface area contributed by atoms with Crippen molar-refractivity contribution >= 4 is 22.8 Å². The lowest BCUT2D eigenvalue weighted by Crippen LogP contribution is -2.33. The van der Waals surface area contributed by atoms with Crippen molar-refractivity contribution in [2.75, 3.05) is 13.1 Å². The average Bonchev–Trinajstić information content (AvgIpc) is 3.01. The first-order chi connectivity index (χ1) is 11.5. The normalized spacial score (nSPS) is 14.0. The number of halogens is 1. The summed E-state index contributed by atoms with van der Waals surface area (Å²) in [5, 5.41) is 0.739. The first kappa shape index (κ1) is 16.7. The van der Waals surface area contributed by atoms with Gasteiger partial charge in [-0.2, -0.15) is 0 Å². The van der Waals surface area contributed by atoms with Crippen LogP contribution in [0, 0.1) is 19.7 Å². The highest BCUT2D eigenvalue weighted by atomic mass is 32.2. The van der Waals surface area contributed by atoms with Gasteiger partial charge in [0.15, 0.2) is 5.17 Å². The van der Waals surface area contributed by atoms with Gasteiger partial charge in [0.2, 0.25) is 0 Å². The lowest BCUT2D eigenvalue weighted by Gasteiger charge is -2.18. The van der Waals surface area contributed by atoms with E-state index in [0.29, 0.717) is 24.4 Å². The van der Waals surface area contributed by atoms with E-state index in [9.17, 15) is 9.18 Å². The van der Waals surface area contributed by atoms with Gasteiger partial charge in [-0.3, -0.25) is 14.7 Å². The Morgan fingerprint density at radius 2 is 1.83 bits per heavy atom. The number of carbonyl (C=O) groups is 1. The molecular formula is C19H19FN2OS. The van der Waals surface area contributed by atoms with Crippen molar-refractivity contribution in [3.8, 4) is 0 Å². The van der Waals surface area contributed by atoms with E-state index in [0.717, 1.165) is 21.9 Å². The molecule has 0 radical (unpaired) electrons. The fourth-order valence-corrected chi connectivity index (χ4v) is 3.72. The summed E-state index contributed by atoms with van der Waals surface area (Å²) in [6.45, 7) is 5.22. The van der Waals surface area contributed by atoms with Crippen LogP contribution in [0.3, 0.4) is 0 Å². The highest BCUT2D eigenvalue weighted by Gasteiger charge is 2.25. The molecule has 0 spiro atoms. The molecule has 1 aliphatic rings. The third-order valence-electron chi connectivity index (χ3n) is 3.80. The van der Waals surface area contributed by atoms with E-state index < -0.39 is 0 Å². The van der Waals surface area contributed by atoms with Gasteiger partial charge in [-0.25, -0.2) is 4.39 Å². The van der Waals surface area contributed by atoms with Crippen LogP contribution in [0.25, 0.3) is 0 Å². The average molecular weight is 342 g/mol. The zero-order chi connectivity index (χ0) is 17.1. The number of hydrogen-bond donors (Lipinski definition) is 0. The number of benzene rings is 2. The van der Waals surface area contributed by atoms with Crippen LogP contribution in [0.5, 0.6) is 0 Å². The minimum absolute atomic E-state index is 0.00958. The molecule has 0 N–H and O–H groups in total. The summed E-state index contributed by atoms with van der Waals surface area (Å²) in [7, 11) is 0. The van der Waals surface area contributed by atoms with Gasteiger partial charge >= 0.3 is 0 Å². The lowest BCUT2D eigenvalue weighted by molar-refractivity contribution is 0.0860. The topological polar surface area (TPSA) is 32.7 Å². The predicted octanol–water partition coefficient (Wildman–Crippen LogP) is 4.19. The molecule has 3 rings (SSSR count). The molecule has 0 unspecified atom stereocenters. The molecule has 2 aromatic rings. The zero-order valence-corrected chi connectivity index (χ0v) is 14.6. The van der Waals surface area contributed by atoms with Crippen molar-refractivity contribution < 1.29 is 9.18 Å². The summed E-state index contributed by atoms with van der Waals surface area (Å²) in [5.41, 5.74) is 3.87. The molecule has 24 heavy (non-hydrogen) atoms. The van der Waals surface area contributed by atoms with E-state index in [1.165, 1.54) is 23.9 Å². The minimum atomic E-state index is -0.242. The van der Waals surface area contributed by atoms with Gasteiger partial charge < -0.3 is 0 Å². The Bertz CT molecular complexity index is 766. The van der Waals surface area contributed by atoms with Gasteiger partial charge in [0.05, 0.1) is 6.54 Å². The molecule has 124 valence electrons. The van der Waals surface area contributed by atoms with Gasteiger partial charge in [0.25, 0.3) is 5.91 Å². The molecule has 3 nitrogen and oxygen atoms in total. The molecule has 0 fully saturated rings. The van der Waals surface area contributed by atoms with Crippen LogP contribution >= 0.6 is 11.8 Å². The Labute approximate surface area is 145 Å². The van der Waals surface area contributed by atoms with Gasteiger partial charge in [0.1, 0.15) is 5.82 Å². The summed E-state index contributed by atoms with van der Waals surface area (Å²) in [6, 6.07) is 12.3. The number of aryl methyl sites for hydroxylation is 2. The predicted molar refractivity (Wildman–Crippen MR) is 96.9 cm³/mol. The van der Waals surface area contributed by atoms with Crippen LogP contribution < -0.4 is 0 Å². The van der Waals surface area contributed by atoms with E-state index in [2.05, 4.69) is 11.1 Å². The molecule has 0 saturated heterocycles. The van der Waals surface area contributed by atoms with Crippen molar-refractivity contribution in [3.05, 3.63) is 70.5 Å².